The summed E-state index contributed by atoms with van der Waals surface area (Å²) in [6, 6.07) is 7.75. The highest BCUT2D eigenvalue weighted by molar-refractivity contribution is 6.31. The highest BCUT2D eigenvalue weighted by atomic mass is 35.5. The molecule has 1 fully saturated rings. The van der Waals surface area contributed by atoms with Gasteiger partial charge in [-0.05, 0) is 38.6 Å². The number of nitrogens with zero attached hydrogens (tertiary/aromatic N) is 3. The van der Waals surface area contributed by atoms with E-state index in [1.807, 2.05) is 48.2 Å². The Hall–Kier alpha value is -1.85. The van der Waals surface area contributed by atoms with E-state index in [4.69, 9.17) is 16.0 Å². The minimum Gasteiger partial charge on any atom is -0.445 e. The number of carbonyl (C=O) groups is 1. The first-order valence-corrected chi connectivity index (χ1v) is 9.01. The normalized spacial score (nSPS) is 17.9. The lowest BCUT2D eigenvalue weighted by molar-refractivity contribution is -0.133. The Morgan fingerprint density at radius 2 is 2.20 bits per heavy atom. The van der Waals surface area contributed by atoms with Gasteiger partial charge in [-0.25, -0.2) is 4.98 Å². The van der Waals surface area contributed by atoms with Crippen molar-refractivity contribution in [3.05, 3.63) is 52.7 Å². The zero-order chi connectivity index (χ0) is 17.8. The second-order valence-corrected chi connectivity index (χ2v) is 7.26. The molecular formula is C19H24ClN3O2. The molecule has 0 radical (unpaired) electrons. The lowest BCUT2D eigenvalue weighted by Gasteiger charge is -2.32. The number of likely N-dealkylation sites (N-methyl/N-ethyl adjacent to an activating group) is 1. The maximum Gasteiger partial charge on any atom is 0.236 e. The second-order valence-electron chi connectivity index (χ2n) is 6.85. The highest BCUT2D eigenvalue weighted by Gasteiger charge is 2.27. The van der Waals surface area contributed by atoms with Crippen LogP contribution in [0.2, 0.25) is 5.02 Å². The molecule has 6 heteroatoms. The predicted molar refractivity (Wildman–Crippen MR) is 97.9 cm³/mol. The predicted octanol–water partition coefficient (Wildman–Crippen LogP) is 3.19. The van der Waals surface area contributed by atoms with Crippen LogP contribution in [0, 0.1) is 0 Å². The fourth-order valence-corrected chi connectivity index (χ4v) is 3.40. The van der Waals surface area contributed by atoms with Crippen molar-refractivity contribution in [3.8, 4) is 0 Å². The molecule has 5 nitrogen and oxygen atoms in total. The third kappa shape index (κ3) is 4.61. The Bertz CT molecular complexity index is 729. The van der Waals surface area contributed by atoms with Gasteiger partial charge in [0, 0.05) is 24.5 Å². The third-order valence-corrected chi connectivity index (χ3v) is 4.84. The quantitative estimate of drug-likeness (QED) is 0.820. The molecule has 2 heterocycles. The smallest absolute Gasteiger partial charge is 0.236 e. The highest BCUT2D eigenvalue weighted by Crippen LogP contribution is 2.28. The Labute approximate surface area is 153 Å². The summed E-state index contributed by atoms with van der Waals surface area (Å²) in [6.45, 7) is 1.94. The number of benzene rings is 1. The molecule has 1 amide bonds. The Morgan fingerprint density at radius 3 is 2.96 bits per heavy atom. The third-order valence-electron chi connectivity index (χ3n) is 4.47. The van der Waals surface area contributed by atoms with Crippen molar-refractivity contribution in [2.45, 2.75) is 25.2 Å². The van der Waals surface area contributed by atoms with Crippen LogP contribution in [0.1, 0.15) is 36.0 Å². The molecule has 0 aliphatic carbocycles. The van der Waals surface area contributed by atoms with E-state index in [9.17, 15) is 4.79 Å². The van der Waals surface area contributed by atoms with Crippen LogP contribution in [0.15, 0.2) is 34.9 Å². The minimum absolute atomic E-state index is 0.164. The maximum absolute atomic E-state index is 12.3. The fraction of sp³-hybridized carbons (Fsp3) is 0.474. The van der Waals surface area contributed by atoms with Crippen LogP contribution in [0.25, 0.3) is 0 Å². The van der Waals surface area contributed by atoms with Gasteiger partial charge in [0.2, 0.25) is 5.91 Å². The molecular weight excluding hydrogens is 338 g/mol. The zero-order valence-electron chi connectivity index (χ0n) is 14.7. The van der Waals surface area contributed by atoms with Crippen LogP contribution in [0.3, 0.4) is 0 Å². The monoisotopic (exact) mass is 361 g/mol. The van der Waals surface area contributed by atoms with Gasteiger partial charge in [0.25, 0.3) is 0 Å². The van der Waals surface area contributed by atoms with E-state index in [-0.39, 0.29) is 11.8 Å². The number of hydrogen-bond donors (Lipinski definition) is 0. The van der Waals surface area contributed by atoms with E-state index in [0.717, 1.165) is 41.6 Å². The van der Waals surface area contributed by atoms with Crippen molar-refractivity contribution in [2.75, 3.05) is 33.7 Å². The van der Waals surface area contributed by atoms with Gasteiger partial charge in [-0.3, -0.25) is 4.79 Å². The van der Waals surface area contributed by atoms with Crippen molar-refractivity contribution in [1.82, 2.24) is 14.8 Å². The molecule has 1 aliphatic rings. The first-order valence-electron chi connectivity index (χ1n) is 8.63. The number of rotatable bonds is 5. The zero-order valence-corrected chi connectivity index (χ0v) is 15.5. The van der Waals surface area contributed by atoms with Gasteiger partial charge in [-0.1, -0.05) is 29.8 Å². The van der Waals surface area contributed by atoms with Crippen LogP contribution >= 0.6 is 11.6 Å². The number of aromatic nitrogens is 1. The summed E-state index contributed by atoms with van der Waals surface area (Å²) in [5.41, 5.74) is 1.03. The summed E-state index contributed by atoms with van der Waals surface area (Å²) in [5, 5.41) is 0.735. The van der Waals surface area contributed by atoms with E-state index >= 15 is 0 Å². The van der Waals surface area contributed by atoms with Crippen molar-refractivity contribution < 1.29 is 9.21 Å². The summed E-state index contributed by atoms with van der Waals surface area (Å²) in [4.78, 5) is 20.6. The minimum atomic E-state index is 0.164. The van der Waals surface area contributed by atoms with Crippen molar-refractivity contribution in [3.63, 3.8) is 0 Å². The molecule has 1 unspecified atom stereocenters. The van der Waals surface area contributed by atoms with E-state index in [2.05, 4.69) is 4.98 Å². The van der Waals surface area contributed by atoms with Crippen molar-refractivity contribution in [1.29, 1.82) is 0 Å². The molecule has 1 saturated heterocycles. The molecule has 0 bridgehead atoms. The van der Waals surface area contributed by atoms with E-state index in [1.165, 1.54) is 0 Å². The molecule has 1 atom stereocenters. The fourth-order valence-electron chi connectivity index (χ4n) is 3.20. The van der Waals surface area contributed by atoms with E-state index in [0.29, 0.717) is 19.5 Å². The van der Waals surface area contributed by atoms with Gasteiger partial charge < -0.3 is 14.2 Å². The van der Waals surface area contributed by atoms with E-state index < -0.39 is 0 Å². The molecule has 0 N–H and O–H groups in total. The molecule has 0 spiro atoms. The molecule has 134 valence electrons. The molecule has 3 rings (SSSR count). The van der Waals surface area contributed by atoms with Gasteiger partial charge in [0.05, 0.1) is 18.7 Å². The molecule has 2 aromatic rings. The molecule has 1 aromatic heterocycles. The number of halogens is 1. The van der Waals surface area contributed by atoms with E-state index in [1.54, 1.807) is 6.20 Å². The number of hydrogen-bond acceptors (Lipinski definition) is 4. The maximum atomic E-state index is 12.3. The van der Waals surface area contributed by atoms with Gasteiger partial charge >= 0.3 is 0 Å². The van der Waals surface area contributed by atoms with Crippen molar-refractivity contribution >= 4 is 17.5 Å². The standard InChI is InChI=1S/C19H24ClN3O2/c1-22(2)13-18(24)23-9-5-7-15(12-23)19-21-11-16(25-19)10-14-6-3-4-8-17(14)20/h3-4,6,8,11,15H,5,7,9-10,12-13H2,1-2H3. The number of carbonyl (C=O) groups excluding carboxylic acids is 1. The van der Waals surface area contributed by atoms with Crippen LogP contribution in [-0.4, -0.2) is 54.4 Å². The summed E-state index contributed by atoms with van der Waals surface area (Å²) < 4.78 is 5.97. The average molecular weight is 362 g/mol. The van der Waals surface area contributed by atoms with Gasteiger partial charge in [0.15, 0.2) is 5.89 Å². The average Bonchev–Trinajstić information content (AvgIpc) is 3.05. The topological polar surface area (TPSA) is 49.6 Å². The summed E-state index contributed by atoms with van der Waals surface area (Å²) in [6.07, 6.45) is 4.38. The Balaban J connectivity index is 1.65. The van der Waals surface area contributed by atoms with Crippen LogP contribution in [0.4, 0.5) is 0 Å². The summed E-state index contributed by atoms with van der Waals surface area (Å²) >= 11 is 6.21. The van der Waals surface area contributed by atoms with Crippen LogP contribution in [0.5, 0.6) is 0 Å². The first-order chi connectivity index (χ1) is 12.0. The lowest BCUT2D eigenvalue weighted by atomic mass is 9.98. The second kappa shape index (κ2) is 8.02. The number of oxazole rings is 1. The summed E-state index contributed by atoms with van der Waals surface area (Å²) in [5.74, 6) is 1.86. The van der Waals surface area contributed by atoms with Gasteiger partial charge in [-0.15, -0.1) is 0 Å². The molecule has 1 aromatic carbocycles. The Kier molecular flexibility index (Phi) is 5.76. The number of amides is 1. The molecule has 25 heavy (non-hydrogen) atoms. The summed E-state index contributed by atoms with van der Waals surface area (Å²) in [7, 11) is 3.82. The lowest BCUT2D eigenvalue weighted by Crippen LogP contribution is -2.43. The molecule has 0 saturated carbocycles. The molecule has 1 aliphatic heterocycles. The number of piperidine rings is 1. The number of likely N-dealkylation sites (tertiary alicyclic amines) is 1. The Morgan fingerprint density at radius 1 is 1.40 bits per heavy atom. The SMILES string of the molecule is CN(C)CC(=O)N1CCCC(c2ncc(Cc3ccccc3Cl)o2)C1. The largest absolute Gasteiger partial charge is 0.445 e. The first kappa shape index (κ1) is 18.0. The van der Waals surface area contributed by atoms with Crippen molar-refractivity contribution in [2.24, 2.45) is 0 Å². The van der Waals surface area contributed by atoms with Gasteiger partial charge in [-0.2, -0.15) is 0 Å². The van der Waals surface area contributed by atoms with Crippen LogP contribution in [-0.2, 0) is 11.2 Å². The van der Waals surface area contributed by atoms with Gasteiger partial charge in [0.1, 0.15) is 5.76 Å². The van der Waals surface area contributed by atoms with Crippen LogP contribution < -0.4 is 0 Å².